The van der Waals surface area contributed by atoms with Gasteiger partial charge < -0.3 is 14.6 Å². The highest BCUT2D eigenvalue weighted by molar-refractivity contribution is 5.79. The molecule has 1 N–H and O–H groups in total. The number of aliphatic hydroxyl groups is 1. The summed E-state index contributed by atoms with van der Waals surface area (Å²) in [6, 6.07) is 16.2. The summed E-state index contributed by atoms with van der Waals surface area (Å²) < 4.78 is 13.6. The summed E-state index contributed by atoms with van der Waals surface area (Å²) in [7, 11) is 0. The van der Waals surface area contributed by atoms with Gasteiger partial charge >= 0.3 is 6.09 Å². The molecule has 1 amide bonds. The molecule has 2 fully saturated rings. The first kappa shape index (κ1) is 22.3. The van der Waals surface area contributed by atoms with Gasteiger partial charge in [-0.15, -0.1) is 0 Å². The molecule has 2 unspecified atom stereocenters. The Bertz CT molecular complexity index is 1180. The first-order valence-electron chi connectivity index (χ1n) is 12.5. The number of morpholine rings is 1. The average Bonchev–Trinajstić information content (AvgIpc) is 3.46. The van der Waals surface area contributed by atoms with Crippen LogP contribution in [0.2, 0.25) is 0 Å². The van der Waals surface area contributed by atoms with Gasteiger partial charge in [0.1, 0.15) is 6.61 Å². The van der Waals surface area contributed by atoms with Crippen molar-refractivity contribution in [2.45, 2.75) is 56.3 Å². The van der Waals surface area contributed by atoms with Gasteiger partial charge in [-0.1, -0.05) is 55.5 Å². The number of hydrogen-bond acceptors (Lipinski definition) is 5. The SMILES string of the molecule is CCCn1cc(C2(O)CC3COCC(C2)N3C(=O)OCC2c3ccccc3-c3ccccc32)cn1. The zero-order valence-electron chi connectivity index (χ0n) is 20.0. The molecule has 3 aromatic rings. The standard InChI is InChI=1S/C28H31N3O4/c1-2-11-30-15-19(14-29-30)28(33)12-20-16-34-17-21(13-28)31(20)27(32)35-18-26-24-9-5-3-7-22(24)23-8-4-6-10-25(23)26/h3-10,14-15,20-21,26,33H,2,11-13,16-18H2,1H3. The van der Waals surface area contributed by atoms with Crippen LogP contribution in [0.15, 0.2) is 60.9 Å². The lowest BCUT2D eigenvalue weighted by Crippen LogP contribution is -2.62. The topological polar surface area (TPSA) is 76.8 Å². The van der Waals surface area contributed by atoms with Gasteiger partial charge in [-0.3, -0.25) is 9.58 Å². The predicted molar refractivity (Wildman–Crippen MR) is 131 cm³/mol. The number of carbonyl (C=O) groups is 1. The van der Waals surface area contributed by atoms with E-state index in [9.17, 15) is 9.90 Å². The van der Waals surface area contributed by atoms with Crippen LogP contribution in [0.25, 0.3) is 11.1 Å². The molecule has 2 saturated heterocycles. The number of fused-ring (bicyclic) bond motifs is 5. The van der Waals surface area contributed by atoms with Crippen molar-refractivity contribution in [3.05, 3.63) is 77.6 Å². The Morgan fingerprint density at radius 1 is 1.09 bits per heavy atom. The number of aromatic nitrogens is 2. The van der Waals surface area contributed by atoms with E-state index in [4.69, 9.17) is 9.47 Å². The monoisotopic (exact) mass is 473 g/mol. The fourth-order valence-electron chi connectivity index (χ4n) is 6.13. The van der Waals surface area contributed by atoms with Crippen molar-refractivity contribution in [1.29, 1.82) is 0 Å². The van der Waals surface area contributed by atoms with Crippen molar-refractivity contribution in [1.82, 2.24) is 14.7 Å². The third-order valence-electron chi connectivity index (χ3n) is 7.72. The van der Waals surface area contributed by atoms with E-state index in [-0.39, 0.29) is 30.7 Å². The van der Waals surface area contributed by atoms with Gasteiger partial charge in [-0.25, -0.2) is 4.79 Å². The normalized spacial score (nSPS) is 25.3. The molecule has 6 rings (SSSR count). The number of nitrogens with zero attached hydrogens (tertiary/aromatic N) is 3. The Kier molecular flexibility index (Phi) is 5.61. The third kappa shape index (κ3) is 3.83. The Morgan fingerprint density at radius 3 is 2.34 bits per heavy atom. The van der Waals surface area contributed by atoms with E-state index in [0.717, 1.165) is 18.5 Å². The summed E-state index contributed by atoms with van der Waals surface area (Å²) in [4.78, 5) is 15.2. The fourth-order valence-corrected chi connectivity index (χ4v) is 6.13. The second-order valence-electron chi connectivity index (χ2n) is 9.99. The minimum absolute atomic E-state index is 0.0218. The molecule has 2 aliphatic heterocycles. The zero-order chi connectivity index (χ0) is 24.0. The lowest BCUT2D eigenvalue weighted by atomic mass is 9.78. The zero-order valence-corrected chi connectivity index (χ0v) is 20.0. The smallest absolute Gasteiger partial charge is 0.410 e. The number of ether oxygens (including phenoxy) is 2. The number of aryl methyl sites for hydroxylation is 1. The number of piperidine rings is 1. The highest BCUT2D eigenvalue weighted by Crippen LogP contribution is 2.45. The molecule has 2 bridgehead atoms. The van der Waals surface area contributed by atoms with Crippen LogP contribution >= 0.6 is 0 Å². The summed E-state index contributed by atoms with van der Waals surface area (Å²) in [6.07, 6.45) is 5.16. The largest absolute Gasteiger partial charge is 0.448 e. The van der Waals surface area contributed by atoms with Crippen molar-refractivity contribution < 1.29 is 19.4 Å². The van der Waals surface area contributed by atoms with Gasteiger partial charge in [0, 0.05) is 37.1 Å². The molecule has 3 heterocycles. The van der Waals surface area contributed by atoms with Gasteiger partial charge in [-0.2, -0.15) is 5.10 Å². The summed E-state index contributed by atoms with van der Waals surface area (Å²) in [5.41, 5.74) is 4.60. The first-order valence-corrected chi connectivity index (χ1v) is 12.5. The first-order chi connectivity index (χ1) is 17.1. The molecule has 2 aromatic carbocycles. The quantitative estimate of drug-likeness (QED) is 0.598. The van der Waals surface area contributed by atoms with E-state index in [0.29, 0.717) is 26.1 Å². The maximum atomic E-state index is 13.4. The molecule has 35 heavy (non-hydrogen) atoms. The Balaban J connectivity index is 1.18. The number of carbonyl (C=O) groups excluding carboxylic acids is 1. The minimum Gasteiger partial charge on any atom is -0.448 e. The Labute approximate surface area is 205 Å². The third-order valence-corrected chi connectivity index (χ3v) is 7.72. The van der Waals surface area contributed by atoms with E-state index in [1.807, 2.05) is 35.1 Å². The summed E-state index contributed by atoms with van der Waals surface area (Å²) in [5, 5.41) is 16.0. The average molecular weight is 474 g/mol. The van der Waals surface area contributed by atoms with Crippen molar-refractivity contribution in [3.63, 3.8) is 0 Å². The van der Waals surface area contributed by atoms with Crippen LogP contribution in [-0.4, -0.2) is 57.8 Å². The maximum absolute atomic E-state index is 13.4. The molecule has 0 radical (unpaired) electrons. The van der Waals surface area contributed by atoms with Gasteiger partial charge in [0.2, 0.25) is 0 Å². The van der Waals surface area contributed by atoms with E-state index in [1.165, 1.54) is 22.3 Å². The summed E-state index contributed by atoms with van der Waals surface area (Å²) in [5.74, 6) is 0.0218. The molecule has 2 atom stereocenters. The second kappa shape index (κ2) is 8.81. The van der Waals surface area contributed by atoms with Crippen LogP contribution < -0.4 is 0 Å². The van der Waals surface area contributed by atoms with Crippen LogP contribution in [0.5, 0.6) is 0 Å². The number of rotatable bonds is 5. The lowest BCUT2D eigenvalue weighted by Gasteiger charge is -2.50. The van der Waals surface area contributed by atoms with E-state index in [2.05, 4.69) is 36.3 Å². The molecule has 7 heteroatoms. The molecule has 0 spiro atoms. The van der Waals surface area contributed by atoms with Crippen molar-refractivity contribution in [2.24, 2.45) is 0 Å². The van der Waals surface area contributed by atoms with Gasteiger partial charge in [0.05, 0.1) is 37.1 Å². The van der Waals surface area contributed by atoms with E-state index >= 15 is 0 Å². The number of hydrogen-bond donors (Lipinski definition) is 1. The van der Waals surface area contributed by atoms with Crippen LogP contribution in [-0.2, 0) is 21.6 Å². The molecule has 7 nitrogen and oxygen atoms in total. The fraction of sp³-hybridized carbons (Fsp3) is 0.429. The summed E-state index contributed by atoms with van der Waals surface area (Å²) >= 11 is 0. The maximum Gasteiger partial charge on any atom is 0.410 e. The van der Waals surface area contributed by atoms with Crippen molar-refractivity contribution >= 4 is 6.09 Å². The summed E-state index contributed by atoms with van der Waals surface area (Å²) in [6.45, 7) is 4.00. The van der Waals surface area contributed by atoms with Crippen molar-refractivity contribution in [2.75, 3.05) is 19.8 Å². The minimum atomic E-state index is -1.02. The predicted octanol–water partition coefficient (Wildman–Crippen LogP) is 4.29. The van der Waals surface area contributed by atoms with E-state index in [1.54, 1.807) is 11.1 Å². The van der Waals surface area contributed by atoms with Crippen LogP contribution in [0.3, 0.4) is 0 Å². The van der Waals surface area contributed by atoms with Gasteiger partial charge in [0.15, 0.2) is 0 Å². The second-order valence-corrected chi connectivity index (χ2v) is 9.99. The van der Waals surface area contributed by atoms with Crippen LogP contribution in [0, 0.1) is 0 Å². The van der Waals surface area contributed by atoms with Gasteiger partial charge in [-0.05, 0) is 28.7 Å². The van der Waals surface area contributed by atoms with Crippen LogP contribution in [0.4, 0.5) is 4.79 Å². The Hall–Kier alpha value is -3.16. The molecule has 3 aliphatic rings. The molecular weight excluding hydrogens is 442 g/mol. The molecule has 1 aromatic heterocycles. The lowest BCUT2D eigenvalue weighted by molar-refractivity contribution is -0.136. The van der Waals surface area contributed by atoms with Crippen LogP contribution in [0.1, 0.15) is 48.8 Å². The highest BCUT2D eigenvalue weighted by Gasteiger charge is 2.50. The number of benzene rings is 2. The van der Waals surface area contributed by atoms with Crippen molar-refractivity contribution in [3.8, 4) is 11.1 Å². The number of amides is 1. The van der Waals surface area contributed by atoms with Gasteiger partial charge in [0.25, 0.3) is 0 Å². The highest BCUT2D eigenvalue weighted by atomic mass is 16.6. The van der Waals surface area contributed by atoms with E-state index < -0.39 is 5.60 Å². The molecular formula is C28H31N3O4. The molecule has 1 aliphatic carbocycles. The molecule has 0 saturated carbocycles. The Morgan fingerprint density at radius 2 is 1.71 bits per heavy atom. The molecule has 182 valence electrons.